The quantitative estimate of drug-likeness (QED) is 0.263. The third-order valence-corrected chi connectivity index (χ3v) is 6.71. The van der Waals surface area contributed by atoms with Crippen molar-refractivity contribution in [2.45, 2.75) is 25.9 Å². The number of hydrogen-bond donors (Lipinski definition) is 2. The van der Waals surface area contributed by atoms with Gasteiger partial charge in [-0.05, 0) is 56.2 Å². The molecular formula is C27H24N4O2S. The van der Waals surface area contributed by atoms with E-state index in [1.807, 2.05) is 87.5 Å². The normalized spacial score (nSPS) is 11.3. The van der Waals surface area contributed by atoms with Crippen LogP contribution in [0.5, 0.6) is 0 Å². The summed E-state index contributed by atoms with van der Waals surface area (Å²) in [5.41, 5.74) is 6.36. The Kier molecular flexibility index (Phi) is 5.71. The molecule has 7 heteroatoms. The molecule has 34 heavy (non-hydrogen) atoms. The standard InChI is InChI=1S/C27H24N4O2S/c1-16-9-12-19(13-10-16)28-23(32)15-34-27-30-24-20-6-4-5-7-21(20)29-25(24)26(33)31(27)22-14-17(2)8-11-18(22)3/h4-14,29H,15H2,1-3H3,(H,28,32). The van der Waals surface area contributed by atoms with Crippen LogP contribution in [-0.4, -0.2) is 26.2 Å². The molecule has 2 N–H and O–H groups in total. The highest BCUT2D eigenvalue weighted by atomic mass is 32.2. The topological polar surface area (TPSA) is 79.8 Å². The number of aromatic nitrogens is 3. The van der Waals surface area contributed by atoms with Crippen LogP contribution < -0.4 is 10.9 Å². The van der Waals surface area contributed by atoms with Gasteiger partial charge in [0.05, 0.1) is 11.4 Å². The van der Waals surface area contributed by atoms with Gasteiger partial charge in [-0.1, -0.05) is 59.8 Å². The molecule has 2 aromatic heterocycles. The molecule has 0 saturated carbocycles. The highest BCUT2D eigenvalue weighted by Crippen LogP contribution is 2.27. The molecule has 0 atom stereocenters. The van der Waals surface area contributed by atoms with Crippen molar-refractivity contribution in [3.63, 3.8) is 0 Å². The summed E-state index contributed by atoms with van der Waals surface area (Å²) in [5, 5.41) is 4.28. The van der Waals surface area contributed by atoms with Crippen molar-refractivity contribution in [3.8, 4) is 5.69 Å². The zero-order valence-electron chi connectivity index (χ0n) is 19.2. The zero-order chi connectivity index (χ0) is 23.8. The fourth-order valence-corrected chi connectivity index (χ4v) is 4.77. The first-order chi connectivity index (χ1) is 16.4. The number of nitrogens with one attached hydrogen (secondary N) is 2. The van der Waals surface area contributed by atoms with Gasteiger partial charge < -0.3 is 10.3 Å². The number of hydrogen-bond acceptors (Lipinski definition) is 4. The minimum absolute atomic E-state index is 0.124. The molecule has 0 saturated heterocycles. The second-order valence-corrected chi connectivity index (χ2v) is 9.36. The number of nitrogens with zero attached hydrogens (tertiary/aromatic N) is 2. The Labute approximate surface area is 201 Å². The van der Waals surface area contributed by atoms with E-state index in [-0.39, 0.29) is 17.2 Å². The molecule has 6 nitrogen and oxygen atoms in total. The third kappa shape index (κ3) is 4.10. The van der Waals surface area contributed by atoms with Crippen molar-refractivity contribution in [2.75, 3.05) is 11.1 Å². The Balaban J connectivity index is 1.59. The highest BCUT2D eigenvalue weighted by molar-refractivity contribution is 7.99. The van der Waals surface area contributed by atoms with Crippen LogP contribution in [0.15, 0.2) is 76.7 Å². The summed E-state index contributed by atoms with van der Waals surface area (Å²) in [6.45, 7) is 5.96. The fraction of sp³-hybridized carbons (Fsp3) is 0.148. The zero-order valence-corrected chi connectivity index (χ0v) is 20.0. The average molecular weight is 469 g/mol. The molecule has 0 spiro atoms. The maximum atomic E-state index is 13.7. The van der Waals surface area contributed by atoms with E-state index in [0.29, 0.717) is 16.2 Å². The number of aromatic amines is 1. The van der Waals surface area contributed by atoms with E-state index < -0.39 is 0 Å². The number of para-hydroxylation sites is 1. The lowest BCUT2D eigenvalue weighted by Gasteiger charge is -2.15. The lowest BCUT2D eigenvalue weighted by molar-refractivity contribution is -0.113. The van der Waals surface area contributed by atoms with Crippen LogP contribution in [0.25, 0.3) is 27.6 Å². The second kappa shape index (κ2) is 8.83. The predicted molar refractivity (Wildman–Crippen MR) is 139 cm³/mol. The van der Waals surface area contributed by atoms with Gasteiger partial charge in [0.25, 0.3) is 5.56 Å². The molecule has 2 heterocycles. The number of amides is 1. The highest BCUT2D eigenvalue weighted by Gasteiger charge is 2.19. The first-order valence-corrected chi connectivity index (χ1v) is 12.0. The number of anilines is 1. The minimum atomic E-state index is -0.184. The van der Waals surface area contributed by atoms with Crippen molar-refractivity contribution < 1.29 is 4.79 Å². The van der Waals surface area contributed by atoms with E-state index in [9.17, 15) is 9.59 Å². The number of H-pyrrole nitrogens is 1. The largest absolute Gasteiger partial charge is 0.349 e. The number of carbonyl (C=O) groups is 1. The van der Waals surface area contributed by atoms with Crippen molar-refractivity contribution in [2.24, 2.45) is 0 Å². The molecule has 0 fully saturated rings. The Hall–Kier alpha value is -3.84. The first-order valence-electron chi connectivity index (χ1n) is 11.0. The molecule has 170 valence electrons. The van der Waals surface area contributed by atoms with Crippen LogP contribution in [0.1, 0.15) is 16.7 Å². The Morgan fingerprint density at radius 2 is 1.74 bits per heavy atom. The summed E-state index contributed by atoms with van der Waals surface area (Å²) < 4.78 is 1.61. The molecule has 0 aliphatic carbocycles. The summed E-state index contributed by atoms with van der Waals surface area (Å²) in [6.07, 6.45) is 0. The smallest absolute Gasteiger partial charge is 0.283 e. The first kappa shape index (κ1) is 22.0. The van der Waals surface area contributed by atoms with E-state index in [0.717, 1.165) is 39.0 Å². The summed E-state index contributed by atoms with van der Waals surface area (Å²) in [5.74, 6) is -0.0337. The van der Waals surface area contributed by atoms with Gasteiger partial charge in [-0.2, -0.15) is 0 Å². The Morgan fingerprint density at radius 3 is 2.53 bits per heavy atom. The van der Waals surface area contributed by atoms with Gasteiger partial charge in [0.2, 0.25) is 5.91 Å². The van der Waals surface area contributed by atoms with Crippen molar-refractivity contribution in [3.05, 3.63) is 93.8 Å². The minimum Gasteiger partial charge on any atom is -0.349 e. The van der Waals surface area contributed by atoms with Crippen LogP contribution >= 0.6 is 11.8 Å². The molecule has 0 radical (unpaired) electrons. The van der Waals surface area contributed by atoms with Crippen LogP contribution in [0.4, 0.5) is 5.69 Å². The number of aryl methyl sites for hydroxylation is 3. The van der Waals surface area contributed by atoms with Gasteiger partial charge >= 0.3 is 0 Å². The predicted octanol–water partition coefficient (Wildman–Crippen LogP) is 5.52. The maximum Gasteiger partial charge on any atom is 0.283 e. The van der Waals surface area contributed by atoms with Gasteiger partial charge in [-0.3, -0.25) is 14.2 Å². The van der Waals surface area contributed by atoms with Crippen LogP contribution in [0, 0.1) is 20.8 Å². The summed E-state index contributed by atoms with van der Waals surface area (Å²) in [6, 6.07) is 21.4. The van der Waals surface area contributed by atoms with Gasteiger partial charge in [0.1, 0.15) is 11.0 Å². The average Bonchev–Trinajstić information content (AvgIpc) is 3.20. The molecule has 0 bridgehead atoms. The van der Waals surface area contributed by atoms with E-state index in [2.05, 4.69) is 10.3 Å². The lowest BCUT2D eigenvalue weighted by atomic mass is 10.1. The van der Waals surface area contributed by atoms with E-state index in [1.165, 1.54) is 11.8 Å². The van der Waals surface area contributed by atoms with Crippen LogP contribution in [-0.2, 0) is 4.79 Å². The second-order valence-electron chi connectivity index (χ2n) is 8.42. The SMILES string of the molecule is Cc1ccc(NC(=O)CSc2nc3c([nH]c4ccccc43)c(=O)n2-c2cc(C)ccc2C)cc1. The van der Waals surface area contributed by atoms with Gasteiger partial charge in [-0.25, -0.2) is 4.98 Å². The Bertz CT molecular complexity index is 1600. The summed E-state index contributed by atoms with van der Waals surface area (Å²) in [7, 11) is 0. The lowest BCUT2D eigenvalue weighted by Crippen LogP contribution is -2.23. The van der Waals surface area contributed by atoms with Crippen LogP contribution in [0.2, 0.25) is 0 Å². The molecule has 3 aromatic carbocycles. The molecule has 0 aliphatic heterocycles. The van der Waals surface area contributed by atoms with Crippen molar-refractivity contribution in [1.82, 2.24) is 14.5 Å². The van der Waals surface area contributed by atoms with Gasteiger partial charge in [0.15, 0.2) is 5.16 Å². The van der Waals surface area contributed by atoms with Crippen LogP contribution in [0.3, 0.4) is 0 Å². The van der Waals surface area contributed by atoms with E-state index in [1.54, 1.807) is 4.57 Å². The number of carbonyl (C=O) groups excluding carboxylic acids is 1. The maximum absolute atomic E-state index is 13.7. The van der Waals surface area contributed by atoms with Gasteiger partial charge in [-0.15, -0.1) is 0 Å². The Morgan fingerprint density at radius 1 is 1.00 bits per heavy atom. The molecule has 5 rings (SSSR count). The monoisotopic (exact) mass is 468 g/mol. The summed E-state index contributed by atoms with van der Waals surface area (Å²) >= 11 is 1.25. The number of benzene rings is 3. The van der Waals surface area contributed by atoms with E-state index >= 15 is 0 Å². The molecule has 5 aromatic rings. The van der Waals surface area contributed by atoms with E-state index in [4.69, 9.17) is 4.98 Å². The number of fused-ring (bicyclic) bond motifs is 3. The molecular weight excluding hydrogens is 444 g/mol. The third-order valence-electron chi connectivity index (χ3n) is 5.77. The number of rotatable bonds is 5. The molecule has 0 aliphatic rings. The van der Waals surface area contributed by atoms with Gasteiger partial charge in [0, 0.05) is 16.6 Å². The number of thioether (sulfide) groups is 1. The van der Waals surface area contributed by atoms with Crippen molar-refractivity contribution >= 4 is 45.3 Å². The molecule has 0 unspecified atom stereocenters. The summed E-state index contributed by atoms with van der Waals surface area (Å²) in [4.78, 5) is 34.5. The van der Waals surface area contributed by atoms with Crippen molar-refractivity contribution in [1.29, 1.82) is 0 Å². The molecule has 1 amide bonds. The fourth-order valence-electron chi connectivity index (χ4n) is 3.98.